The second-order valence-corrected chi connectivity index (χ2v) is 4.32. The van der Waals surface area contributed by atoms with Crippen molar-refractivity contribution < 1.29 is 14.6 Å². The second-order valence-electron chi connectivity index (χ2n) is 3.40. The number of nitrogens with zero attached hydrogens (tertiary/aromatic N) is 3. The molecule has 0 saturated carbocycles. The zero-order valence-electron chi connectivity index (χ0n) is 9.65. The zero-order chi connectivity index (χ0) is 13.5. The summed E-state index contributed by atoms with van der Waals surface area (Å²) in [6.45, 7) is 1.79. The van der Waals surface area contributed by atoms with Crippen molar-refractivity contribution in [2.75, 3.05) is 6.61 Å². The van der Waals surface area contributed by atoms with Gasteiger partial charge in [0.2, 0.25) is 0 Å². The number of carbonyl (C=O) groups excluding carboxylic acids is 1. The van der Waals surface area contributed by atoms with E-state index < -0.39 is 18.1 Å². The molecule has 0 unspecified atom stereocenters. The van der Waals surface area contributed by atoms with Gasteiger partial charge in [0.1, 0.15) is 0 Å². The Morgan fingerprint density at radius 3 is 2.94 bits per heavy atom. The highest BCUT2D eigenvalue weighted by molar-refractivity contribution is 9.10. The molecule has 18 heavy (non-hydrogen) atoms. The molecular formula is C11H12BrN3O3. The van der Waals surface area contributed by atoms with Gasteiger partial charge in [-0.3, -0.25) is 4.79 Å². The van der Waals surface area contributed by atoms with Crippen LogP contribution in [0.4, 0.5) is 0 Å². The highest BCUT2D eigenvalue weighted by atomic mass is 79.9. The summed E-state index contributed by atoms with van der Waals surface area (Å²) in [6, 6.07) is 5.48. The molecule has 0 bridgehead atoms. The molecule has 0 fully saturated rings. The minimum absolute atomic E-state index is 0.154. The van der Waals surface area contributed by atoms with Gasteiger partial charge in [-0.15, -0.1) is 0 Å². The Bertz CT molecular complexity index is 474. The normalized spacial score (nSPS) is 13.3. The summed E-state index contributed by atoms with van der Waals surface area (Å²) < 4.78 is 5.51. The summed E-state index contributed by atoms with van der Waals surface area (Å²) in [5.41, 5.74) is 8.90. The number of rotatable bonds is 5. The first-order valence-corrected chi connectivity index (χ1v) is 6.03. The molecule has 1 aromatic rings. The van der Waals surface area contributed by atoms with Crippen molar-refractivity contribution >= 4 is 21.9 Å². The lowest BCUT2D eigenvalue weighted by atomic mass is 10.0. The Kier molecular flexibility index (Phi) is 5.64. The smallest absolute Gasteiger partial charge is 0.317 e. The SMILES string of the molecule is CCOC(=O)[C@@H](N=[N+]=[N-])[C@@H](O)c1cccc(Br)c1. The number of esters is 1. The molecule has 0 amide bonds. The summed E-state index contributed by atoms with van der Waals surface area (Å²) in [5, 5.41) is 13.3. The standard InChI is InChI=1S/C11H12BrN3O3/c1-2-18-11(17)9(14-15-13)10(16)7-4-3-5-8(12)6-7/h3-6,9-10,16H,2H2,1H3/t9-,10-/m0/s1. The third-order valence-electron chi connectivity index (χ3n) is 2.19. The van der Waals surface area contributed by atoms with Crippen molar-refractivity contribution in [3.8, 4) is 0 Å². The Morgan fingerprint density at radius 2 is 2.39 bits per heavy atom. The first-order valence-electron chi connectivity index (χ1n) is 5.24. The summed E-state index contributed by atoms with van der Waals surface area (Å²) in [6.07, 6.45) is -1.24. The van der Waals surface area contributed by atoms with Crippen molar-refractivity contribution in [1.29, 1.82) is 0 Å². The van der Waals surface area contributed by atoms with E-state index in [4.69, 9.17) is 10.3 Å². The van der Waals surface area contributed by atoms with Crippen LogP contribution < -0.4 is 0 Å². The summed E-state index contributed by atoms with van der Waals surface area (Å²) in [4.78, 5) is 14.1. The molecule has 0 heterocycles. The minimum atomic E-state index is -1.29. The molecule has 2 atom stereocenters. The summed E-state index contributed by atoms with van der Waals surface area (Å²) >= 11 is 3.26. The Labute approximate surface area is 112 Å². The minimum Gasteiger partial charge on any atom is -0.466 e. The Balaban J connectivity index is 2.99. The number of ether oxygens (including phenoxy) is 1. The van der Waals surface area contributed by atoms with E-state index in [1.165, 1.54) is 0 Å². The third-order valence-corrected chi connectivity index (χ3v) is 2.69. The zero-order valence-corrected chi connectivity index (χ0v) is 11.2. The molecule has 0 aliphatic carbocycles. The largest absolute Gasteiger partial charge is 0.466 e. The monoisotopic (exact) mass is 313 g/mol. The molecule has 1 N–H and O–H groups in total. The fraction of sp³-hybridized carbons (Fsp3) is 0.364. The van der Waals surface area contributed by atoms with E-state index in [9.17, 15) is 9.90 Å². The number of azide groups is 1. The van der Waals surface area contributed by atoms with E-state index in [-0.39, 0.29) is 6.61 Å². The highest BCUT2D eigenvalue weighted by Crippen LogP contribution is 2.23. The van der Waals surface area contributed by atoms with Crippen LogP contribution in [-0.2, 0) is 9.53 Å². The predicted octanol–water partition coefficient (Wildman–Crippen LogP) is 2.72. The lowest BCUT2D eigenvalue weighted by Crippen LogP contribution is -2.28. The molecule has 1 aromatic carbocycles. The van der Waals surface area contributed by atoms with Gasteiger partial charge < -0.3 is 9.84 Å². The maximum Gasteiger partial charge on any atom is 0.317 e. The third kappa shape index (κ3) is 3.73. The maximum absolute atomic E-state index is 11.6. The quantitative estimate of drug-likeness (QED) is 0.392. The number of hydrogen-bond acceptors (Lipinski definition) is 4. The number of benzene rings is 1. The van der Waals surface area contributed by atoms with Crippen LogP contribution in [-0.4, -0.2) is 23.7 Å². The van der Waals surface area contributed by atoms with Gasteiger partial charge in [0.15, 0.2) is 6.04 Å². The molecule has 0 saturated heterocycles. The average Bonchev–Trinajstić information content (AvgIpc) is 2.35. The second kappa shape index (κ2) is 7.00. The first kappa shape index (κ1) is 14.5. The molecule has 7 heteroatoms. The maximum atomic E-state index is 11.6. The average molecular weight is 314 g/mol. The van der Waals surface area contributed by atoms with Gasteiger partial charge in [-0.1, -0.05) is 33.2 Å². The summed E-state index contributed by atoms with van der Waals surface area (Å²) in [5.74, 6) is -0.747. The van der Waals surface area contributed by atoms with Gasteiger partial charge in [0.05, 0.1) is 12.7 Å². The van der Waals surface area contributed by atoms with E-state index in [1.54, 1.807) is 31.2 Å². The van der Waals surface area contributed by atoms with Gasteiger partial charge in [-0.25, -0.2) is 0 Å². The molecule has 1 rings (SSSR count). The van der Waals surface area contributed by atoms with E-state index in [2.05, 4.69) is 26.0 Å². The molecule has 0 spiro atoms. The predicted molar refractivity (Wildman–Crippen MR) is 68.7 cm³/mol. The molecule has 0 aromatic heterocycles. The molecular weight excluding hydrogens is 302 g/mol. The van der Waals surface area contributed by atoms with E-state index in [1.807, 2.05) is 0 Å². The van der Waals surface area contributed by atoms with Gasteiger partial charge in [0.25, 0.3) is 0 Å². The molecule has 6 nitrogen and oxygen atoms in total. The van der Waals surface area contributed by atoms with Gasteiger partial charge in [-0.2, -0.15) is 0 Å². The van der Waals surface area contributed by atoms with Gasteiger partial charge in [0, 0.05) is 9.38 Å². The van der Waals surface area contributed by atoms with Gasteiger partial charge >= 0.3 is 5.97 Å². The van der Waals surface area contributed by atoms with Crippen molar-refractivity contribution in [2.45, 2.75) is 19.1 Å². The topological polar surface area (TPSA) is 95.3 Å². The van der Waals surface area contributed by atoms with Crippen molar-refractivity contribution in [3.63, 3.8) is 0 Å². The molecule has 0 aliphatic heterocycles. The van der Waals surface area contributed by atoms with E-state index in [0.717, 1.165) is 4.47 Å². The van der Waals surface area contributed by atoms with Crippen molar-refractivity contribution in [1.82, 2.24) is 0 Å². The first-order chi connectivity index (χ1) is 8.60. The van der Waals surface area contributed by atoms with Crippen LogP contribution in [0.1, 0.15) is 18.6 Å². The van der Waals surface area contributed by atoms with Crippen LogP contribution >= 0.6 is 15.9 Å². The molecule has 0 radical (unpaired) electrons. The number of carbonyl (C=O) groups is 1. The molecule has 96 valence electrons. The molecule has 0 aliphatic rings. The van der Waals surface area contributed by atoms with Crippen LogP contribution in [0.5, 0.6) is 0 Å². The fourth-order valence-electron chi connectivity index (χ4n) is 1.40. The number of halogens is 1. The lowest BCUT2D eigenvalue weighted by molar-refractivity contribution is -0.147. The Hall–Kier alpha value is -1.56. The van der Waals surface area contributed by atoms with E-state index in [0.29, 0.717) is 5.56 Å². The van der Waals surface area contributed by atoms with Crippen LogP contribution in [0, 0.1) is 0 Å². The number of hydrogen-bond donors (Lipinski definition) is 1. The van der Waals surface area contributed by atoms with Gasteiger partial charge in [-0.05, 0) is 30.2 Å². The van der Waals surface area contributed by atoms with Crippen LogP contribution in [0.15, 0.2) is 33.9 Å². The fourth-order valence-corrected chi connectivity index (χ4v) is 1.81. The van der Waals surface area contributed by atoms with E-state index >= 15 is 0 Å². The Morgan fingerprint density at radius 1 is 1.67 bits per heavy atom. The van der Waals surface area contributed by atoms with Crippen LogP contribution in [0.3, 0.4) is 0 Å². The highest BCUT2D eigenvalue weighted by Gasteiger charge is 2.28. The summed E-state index contributed by atoms with van der Waals surface area (Å²) in [7, 11) is 0. The lowest BCUT2D eigenvalue weighted by Gasteiger charge is -2.17. The van der Waals surface area contributed by atoms with Crippen molar-refractivity contribution in [3.05, 3.63) is 44.7 Å². The van der Waals surface area contributed by atoms with Crippen LogP contribution in [0.2, 0.25) is 0 Å². The van der Waals surface area contributed by atoms with Crippen LogP contribution in [0.25, 0.3) is 10.4 Å². The van der Waals surface area contributed by atoms with Crippen molar-refractivity contribution in [2.24, 2.45) is 5.11 Å². The number of aliphatic hydroxyl groups is 1. The number of aliphatic hydroxyl groups excluding tert-OH is 1.